The first-order valence-corrected chi connectivity index (χ1v) is 5.54. The molecule has 0 bridgehead atoms. The van der Waals surface area contributed by atoms with Gasteiger partial charge in [0.15, 0.2) is 0 Å². The smallest absolute Gasteiger partial charge is 0.343 e. The molecular weight excluding hydrogens is 237 g/mol. The number of pyridine rings is 1. The van der Waals surface area contributed by atoms with E-state index in [9.17, 15) is 14.0 Å². The van der Waals surface area contributed by atoms with Crippen molar-refractivity contribution in [3.8, 4) is 0 Å². The van der Waals surface area contributed by atoms with Crippen LogP contribution in [0.5, 0.6) is 0 Å². The highest BCUT2D eigenvalue weighted by molar-refractivity contribution is 5.93. The Morgan fingerprint density at radius 3 is 2.89 bits per heavy atom. The third kappa shape index (κ3) is 2.11. The molecule has 1 aromatic heterocycles. The van der Waals surface area contributed by atoms with E-state index in [2.05, 4.69) is 4.98 Å². The second kappa shape index (κ2) is 5.00. The summed E-state index contributed by atoms with van der Waals surface area (Å²) in [7, 11) is 0. The summed E-state index contributed by atoms with van der Waals surface area (Å²) >= 11 is 0. The Bertz CT molecular complexity index is 648. The van der Waals surface area contributed by atoms with E-state index in [4.69, 9.17) is 4.74 Å². The van der Waals surface area contributed by atoms with Crippen molar-refractivity contribution in [2.45, 2.75) is 13.6 Å². The van der Waals surface area contributed by atoms with Crippen LogP contribution in [0.25, 0.3) is 10.9 Å². The molecule has 0 aliphatic heterocycles. The number of rotatable bonds is 3. The molecule has 1 heterocycles. The molecule has 94 valence electrons. The number of hydrogen-bond acceptors (Lipinski definition) is 3. The monoisotopic (exact) mass is 249 g/mol. The van der Waals surface area contributed by atoms with E-state index in [-0.39, 0.29) is 12.2 Å². The number of esters is 1. The molecule has 0 fully saturated rings. The van der Waals surface area contributed by atoms with Crippen LogP contribution in [0.1, 0.15) is 22.8 Å². The highest BCUT2D eigenvalue weighted by atomic mass is 19.1. The van der Waals surface area contributed by atoms with Crippen molar-refractivity contribution in [3.05, 3.63) is 45.7 Å². The van der Waals surface area contributed by atoms with Gasteiger partial charge in [0.2, 0.25) is 5.43 Å². The zero-order chi connectivity index (χ0) is 13.1. The van der Waals surface area contributed by atoms with E-state index in [0.29, 0.717) is 16.5 Å². The zero-order valence-electron chi connectivity index (χ0n) is 9.83. The summed E-state index contributed by atoms with van der Waals surface area (Å²) in [6.45, 7) is 1.27. The zero-order valence-corrected chi connectivity index (χ0v) is 9.83. The van der Waals surface area contributed by atoms with Gasteiger partial charge in [0.1, 0.15) is 12.2 Å². The second-order valence-corrected chi connectivity index (χ2v) is 3.77. The van der Waals surface area contributed by atoms with Crippen LogP contribution in [0.15, 0.2) is 29.2 Å². The van der Waals surface area contributed by atoms with Crippen molar-refractivity contribution in [2.75, 3.05) is 6.61 Å². The van der Waals surface area contributed by atoms with E-state index >= 15 is 0 Å². The van der Waals surface area contributed by atoms with Crippen LogP contribution in [0.4, 0.5) is 4.39 Å². The lowest BCUT2D eigenvalue weighted by atomic mass is 10.1. The SMILES string of the molecule is CCOC(=O)c1c[nH]c2cc(CF)ccc2c1=O. The summed E-state index contributed by atoms with van der Waals surface area (Å²) in [5, 5.41) is 0.345. The normalized spacial score (nSPS) is 10.6. The maximum absolute atomic E-state index is 12.5. The number of nitrogens with one attached hydrogen (secondary N) is 1. The molecule has 2 rings (SSSR count). The first kappa shape index (κ1) is 12.3. The molecule has 1 aromatic carbocycles. The van der Waals surface area contributed by atoms with E-state index in [1.54, 1.807) is 13.0 Å². The summed E-state index contributed by atoms with van der Waals surface area (Å²) in [5.41, 5.74) is 0.523. The quantitative estimate of drug-likeness (QED) is 0.848. The molecule has 0 spiro atoms. The van der Waals surface area contributed by atoms with Crippen molar-refractivity contribution in [1.82, 2.24) is 4.98 Å². The van der Waals surface area contributed by atoms with Crippen LogP contribution in [0, 0.1) is 0 Å². The fourth-order valence-corrected chi connectivity index (χ4v) is 1.71. The van der Waals surface area contributed by atoms with Gasteiger partial charge in [-0.1, -0.05) is 6.07 Å². The third-order valence-electron chi connectivity index (χ3n) is 2.59. The van der Waals surface area contributed by atoms with Crippen molar-refractivity contribution in [2.24, 2.45) is 0 Å². The molecule has 4 nitrogen and oxygen atoms in total. The number of aromatic amines is 1. The van der Waals surface area contributed by atoms with Crippen molar-refractivity contribution >= 4 is 16.9 Å². The number of aromatic nitrogens is 1. The van der Waals surface area contributed by atoms with Gasteiger partial charge in [-0.25, -0.2) is 9.18 Å². The van der Waals surface area contributed by atoms with Crippen molar-refractivity contribution < 1.29 is 13.9 Å². The van der Waals surface area contributed by atoms with Gasteiger partial charge in [0.05, 0.1) is 6.61 Å². The minimum Gasteiger partial charge on any atom is -0.462 e. The van der Waals surface area contributed by atoms with Crippen molar-refractivity contribution in [1.29, 1.82) is 0 Å². The number of H-pyrrole nitrogens is 1. The number of benzene rings is 1. The maximum atomic E-state index is 12.5. The minimum absolute atomic E-state index is 0.0441. The van der Waals surface area contributed by atoms with E-state index in [0.717, 1.165) is 0 Å². The second-order valence-electron chi connectivity index (χ2n) is 3.77. The van der Waals surface area contributed by atoms with Crippen LogP contribution < -0.4 is 5.43 Å². The molecule has 1 N–H and O–H groups in total. The molecule has 2 aromatic rings. The molecule has 0 aliphatic rings. The molecule has 0 saturated carbocycles. The van der Waals surface area contributed by atoms with Gasteiger partial charge in [0.25, 0.3) is 0 Å². The van der Waals surface area contributed by atoms with Crippen molar-refractivity contribution in [3.63, 3.8) is 0 Å². The van der Waals surface area contributed by atoms with Gasteiger partial charge in [-0.2, -0.15) is 0 Å². The summed E-state index contributed by atoms with van der Waals surface area (Å²) in [5.74, 6) is -0.657. The summed E-state index contributed by atoms with van der Waals surface area (Å²) in [6, 6.07) is 4.57. The number of fused-ring (bicyclic) bond motifs is 1. The Morgan fingerprint density at radius 2 is 2.22 bits per heavy atom. The summed E-state index contributed by atoms with van der Waals surface area (Å²) in [4.78, 5) is 26.4. The topological polar surface area (TPSA) is 59.2 Å². The Balaban J connectivity index is 2.58. The molecule has 0 amide bonds. The summed E-state index contributed by atoms with van der Waals surface area (Å²) in [6.07, 6.45) is 1.30. The van der Waals surface area contributed by atoms with Gasteiger partial charge < -0.3 is 9.72 Å². The number of ether oxygens (including phenoxy) is 1. The van der Waals surface area contributed by atoms with Gasteiger partial charge in [-0.05, 0) is 24.6 Å². The molecule has 0 saturated heterocycles. The number of alkyl halides is 1. The average Bonchev–Trinajstić information content (AvgIpc) is 2.38. The molecular formula is C13H12FNO3. The predicted octanol–water partition coefficient (Wildman–Crippen LogP) is 2.17. The van der Waals surface area contributed by atoms with Crippen LogP contribution >= 0.6 is 0 Å². The first-order valence-electron chi connectivity index (χ1n) is 5.54. The maximum Gasteiger partial charge on any atom is 0.343 e. The minimum atomic E-state index is -0.657. The number of carbonyl (C=O) groups excluding carboxylic acids is 1. The van der Waals surface area contributed by atoms with E-state index in [1.165, 1.54) is 18.3 Å². The fourth-order valence-electron chi connectivity index (χ4n) is 1.71. The Kier molecular flexibility index (Phi) is 3.41. The lowest BCUT2D eigenvalue weighted by Crippen LogP contribution is -2.18. The van der Waals surface area contributed by atoms with Crippen LogP contribution in [-0.2, 0) is 11.4 Å². The lowest BCUT2D eigenvalue weighted by Gasteiger charge is -2.04. The highest BCUT2D eigenvalue weighted by Gasteiger charge is 2.13. The Morgan fingerprint density at radius 1 is 1.44 bits per heavy atom. The molecule has 5 heteroatoms. The molecule has 0 atom stereocenters. The van der Waals surface area contributed by atoms with Gasteiger partial charge in [-0.15, -0.1) is 0 Å². The molecule has 18 heavy (non-hydrogen) atoms. The largest absolute Gasteiger partial charge is 0.462 e. The highest BCUT2D eigenvalue weighted by Crippen LogP contribution is 2.12. The Labute approximate surface area is 102 Å². The molecule has 0 radical (unpaired) electrons. The number of hydrogen-bond donors (Lipinski definition) is 1. The lowest BCUT2D eigenvalue weighted by molar-refractivity contribution is 0.0524. The standard InChI is InChI=1S/C13H12FNO3/c1-2-18-13(17)10-7-15-11-5-8(6-14)3-4-9(11)12(10)16/h3-5,7H,2,6H2,1H3,(H,15,16). The average molecular weight is 249 g/mol. The number of halogens is 1. The van der Waals surface area contributed by atoms with Crippen LogP contribution in [0.3, 0.4) is 0 Å². The van der Waals surface area contributed by atoms with Gasteiger partial charge in [-0.3, -0.25) is 4.79 Å². The predicted molar refractivity (Wildman–Crippen MR) is 65.3 cm³/mol. The van der Waals surface area contributed by atoms with Gasteiger partial charge in [0, 0.05) is 17.1 Å². The van der Waals surface area contributed by atoms with Crippen LogP contribution in [0.2, 0.25) is 0 Å². The fraction of sp³-hybridized carbons (Fsp3) is 0.231. The number of carbonyl (C=O) groups is 1. The molecule has 0 aliphatic carbocycles. The summed E-state index contributed by atoms with van der Waals surface area (Å²) < 4.78 is 17.3. The first-order chi connectivity index (χ1) is 8.67. The van der Waals surface area contributed by atoms with Crippen LogP contribution in [-0.4, -0.2) is 17.6 Å². The molecule has 0 unspecified atom stereocenters. The van der Waals surface area contributed by atoms with Gasteiger partial charge >= 0.3 is 5.97 Å². The third-order valence-corrected chi connectivity index (χ3v) is 2.59. The Hall–Kier alpha value is -2.17. The van der Waals surface area contributed by atoms with E-state index < -0.39 is 18.1 Å². The van der Waals surface area contributed by atoms with E-state index in [1.807, 2.05) is 0 Å².